The number of pyridine rings is 1. The summed E-state index contributed by atoms with van der Waals surface area (Å²) in [6.45, 7) is 0. The number of nitrogen functional groups attached to an aromatic ring is 1. The van der Waals surface area contributed by atoms with Crippen molar-refractivity contribution in [2.24, 2.45) is 0 Å². The summed E-state index contributed by atoms with van der Waals surface area (Å²) in [5.74, 6) is 0.840. The molecule has 2 heterocycles. The average Bonchev–Trinajstić information content (AvgIpc) is 2.95. The second-order valence-corrected chi connectivity index (χ2v) is 6.13. The molecule has 3 nitrogen and oxygen atoms in total. The van der Waals surface area contributed by atoms with Crippen molar-refractivity contribution in [3.63, 3.8) is 0 Å². The number of thiazole rings is 1. The van der Waals surface area contributed by atoms with Gasteiger partial charge in [0.1, 0.15) is 5.01 Å². The molecule has 2 aromatic heterocycles. The summed E-state index contributed by atoms with van der Waals surface area (Å²) >= 11 is 3.37. The van der Waals surface area contributed by atoms with E-state index >= 15 is 0 Å². The highest BCUT2D eigenvalue weighted by atomic mass is 32.2. The number of thioether (sulfide) groups is 1. The van der Waals surface area contributed by atoms with Gasteiger partial charge >= 0.3 is 0 Å². The van der Waals surface area contributed by atoms with Crippen LogP contribution in [0.5, 0.6) is 0 Å². The first-order valence-electron chi connectivity index (χ1n) is 6.15. The van der Waals surface area contributed by atoms with Crippen LogP contribution in [0.2, 0.25) is 0 Å². The molecule has 0 radical (unpaired) electrons. The lowest BCUT2D eigenvalue weighted by Crippen LogP contribution is -1.86. The Morgan fingerprint density at radius 3 is 2.90 bits per heavy atom. The number of rotatable bonds is 4. The van der Waals surface area contributed by atoms with Crippen LogP contribution in [0.4, 0.5) is 5.69 Å². The molecule has 0 saturated carbocycles. The van der Waals surface area contributed by atoms with Crippen LogP contribution in [0.15, 0.2) is 58.9 Å². The van der Waals surface area contributed by atoms with E-state index in [1.807, 2.05) is 36.4 Å². The van der Waals surface area contributed by atoms with Crippen LogP contribution in [-0.2, 0) is 5.75 Å². The highest BCUT2D eigenvalue weighted by Crippen LogP contribution is 2.27. The lowest BCUT2D eigenvalue weighted by Gasteiger charge is -2.00. The monoisotopic (exact) mass is 299 g/mol. The van der Waals surface area contributed by atoms with Gasteiger partial charge in [-0.15, -0.1) is 23.1 Å². The van der Waals surface area contributed by atoms with E-state index in [1.54, 1.807) is 29.3 Å². The zero-order chi connectivity index (χ0) is 13.8. The van der Waals surface area contributed by atoms with Crippen molar-refractivity contribution >= 4 is 28.8 Å². The quantitative estimate of drug-likeness (QED) is 0.582. The Labute approximate surface area is 125 Å². The predicted octanol–water partition coefficient (Wildman–Crippen LogP) is 4.08. The van der Waals surface area contributed by atoms with Crippen LogP contribution >= 0.6 is 23.1 Å². The Morgan fingerprint density at radius 1 is 1.15 bits per heavy atom. The maximum atomic E-state index is 5.77. The van der Waals surface area contributed by atoms with Crippen molar-refractivity contribution in [2.45, 2.75) is 10.6 Å². The van der Waals surface area contributed by atoms with Gasteiger partial charge in [-0.05, 0) is 30.3 Å². The van der Waals surface area contributed by atoms with Gasteiger partial charge in [0.15, 0.2) is 0 Å². The minimum absolute atomic E-state index is 0.794. The van der Waals surface area contributed by atoms with E-state index in [9.17, 15) is 0 Å². The van der Waals surface area contributed by atoms with E-state index in [1.165, 1.54) is 0 Å². The molecule has 0 amide bonds. The molecule has 100 valence electrons. The van der Waals surface area contributed by atoms with Gasteiger partial charge in [-0.25, -0.2) is 4.98 Å². The van der Waals surface area contributed by atoms with Crippen LogP contribution in [-0.4, -0.2) is 9.97 Å². The Kier molecular flexibility index (Phi) is 3.99. The van der Waals surface area contributed by atoms with Crippen LogP contribution in [0.3, 0.4) is 0 Å². The number of hydrogen-bond donors (Lipinski definition) is 1. The lowest BCUT2D eigenvalue weighted by atomic mass is 10.3. The van der Waals surface area contributed by atoms with Crippen molar-refractivity contribution in [3.8, 4) is 10.7 Å². The molecule has 2 N–H and O–H groups in total. The fraction of sp³-hybridized carbons (Fsp3) is 0.0667. The maximum absolute atomic E-state index is 5.77. The molecule has 0 bridgehead atoms. The number of nitrogens with zero attached hydrogens (tertiary/aromatic N) is 2. The highest BCUT2D eigenvalue weighted by Gasteiger charge is 2.06. The highest BCUT2D eigenvalue weighted by molar-refractivity contribution is 7.98. The molecule has 0 unspecified atom stereocenters. The fourth-order valence-electron chi connectivity index (χ4n) is 1.74. The molecule has 0 aliphatic carbocycles. The summed E-state index contributed by atoms with van der Waals surface area (Å²) in [4.78, 5) is 10.1. The maximum Gasteiger partial charge on any atom is 0.142 e. The minimum Gasteiger partial charge on any atom is -0.399 e. The predicted molar refractivity (Wildman–Crippen MR) is 85.8 cm³/mol. The van der Waals surface area contributed by atoms with E-state index < -0.39 is 0 Å². The molecule has 3 rings (SSSR count). The Bertz CT molecular complexity index is 695. The molecule has 0 aliphatic heterocycles. The molecular weight excluding hydrogens is 286 g/mol. The number of nitrogens with two attached hydrogens (primary N) is 1. The van der Waals surface area contributed by atoms with E-state index in [-0.39, 0.29) is 0 Å². The standard InChI is InChI=1S/C15H13N3S2/c16-11-4-3-5-13(8-11)19-9-12-10-20-15(18-12)14-6-1-2-7-17-14/h1-8,10H,9,16H2. The van der Waals surface area contributed by atoms with Gasteiger partial charge < -0.3 is 5.73 Å². The summed E-state index contributed by atoms with van der Waals surface area (Å²) in [6, 6.07) is 13.8. The average molecular weight is 299 g/mol. The van der Waals surface area contributed by atoms with Gasteiger partial charge in [-0.1, -0.05) is 12.1 Å². The van der Waals surface area contributed by atoms with Gasteiger partial charge in [0, 0.05) is 27.9 Å². The van der Waals surface area contributed by atoms with Gasteiger partial charge in [0.25, 0.3) is 0 Å². The largest absolute Gasteiger partial charge is 0.399 e. The molecule has 0 aliphatic rings. The van der Waals surface area contributed by atoms with E-state index in [4.69, 9.17) is 5.73 Å². The van der Waals surface area contributed by atoms with E-state index in [2.05, 4.69) is 21.4 Å². The van der Waals surface area contributed by atoms with Gasteiger partial charge in [-0.2, -0.15) is 0 Å². The van der Waals surface area contributed by atoms with E-state index in [0.29, 0.717) is 0 Å². The second kappa shape index (κ2) is 6.07. The van der Waals surface area contributed by atoms with Crippen molar-refractivity contribution in [3.05, 3.63) is 59.7 Å². The molecule has 0 fully saturated rings. The second-order valence-electron chi connectivity index (χ2n) is 4.22. The minimum atomic E-state index is 0.794. The number of anilines is 1. The molecule has 3 aromatic rings. The Balaban J connectivity index is 1.69. The summed E-state index contributed by atoms with van der Waals surface area (Å²) in [7, 11) is 0. The van der Waals surface area contributed by atoms with Crippen molar-refractivity contribution in [1.29, 1.82) is 0 Å². The normalized spacial score (nSPS) is 10.6. The number of hydrogen-bond acceptors (Lipinski definition) is 5. The Morgan fingerprint density at radius 2 is 2.10 bits per heavy atom. The van der Waals surface area contributed by atoms with Crippen LogP contribution in [0, 0.1) is 0 Å². The topological polar surface area (TPSA) is 51.8 Å². The lowest BCUT2D eigenvalue weighted by molar-refractivity contribution is 1.21. The fourth-order valence-corrected chi connectivity index (χ4v) is 3.50. The van der Waals surface area contributed by atoms with Crippen molar-refractivity contribution in [2.75, 3.05) is 5.73 Å². The van der Waals surface area contributed by atoms with Gasteiger partial charge in [0.2, 0.25) is 0 Å². The molecule has 0 atom stereocenters. The van der Waals surface area contributed by atoms with Gasteiger partial charge in [-0.3, -0.25) is 4.98 Å². The van der Waals surface area contributed by atoms with Gasteiger partial charge in [0.05, 0.1) is 11.4 Å². The Hall–Kier alpha value is -1.85. The van der Waals surface area contributed by atoms with Crippen LogP contribution in [0.25, 0.3) is 10.7 Å². The number of benzene rings is 1. The first-order valence-corrected chi connectivity index (χ1v) is 8.02. The zero-order valence-electron chi connectivity index (χ0n) is 10.7. The van der Waals surface area contributed by atoms with Crippen molar-refractivity contribution in [1.82, 2.24) is 9.97 Å². The first kappa shape index (κ1) is 13.1. The first-order chi connectivity index (χ1) is 9.81. The summed E-state index contributed by atoms with van der Waals surface area (Å²) < 4.78 is 0. The molecule has 5 heteroatoms. The third kappa shape index (κ3) is 3.18. The SMILES string of the molecule is Nc1cccc(SCc2csc(-c3ccccn3)n2)c1. The summed E-state index contributed by atoms with van der Waals surface area (Å²) in [6.07, 6.45) is 1.79. The number of aromatic nitrogens is 2. The van der Waals surface area contributed by atoms with Crippen LogP contribution < -0.4 is 5.73 Å². The molecule has 1 aromatic carbocycles. The third-order valence-electron chi connectivity index (χ3n) is 2.68. The summed E-state index contributed by atoms with van der Waals surface area (Å²) in [5, 5.41) is 3.05. The van der Waals surface area contributed by atoms with Crippen LogP contribution in [0.1, 0.15) is 5.69 Å². The molecular formula is C15H13N3S2. The van der Waals surface area contributed by atoms with Crippen molar-refractivity contribution < 1.29 is 0 Å². The summed E-state index contributed by atoms with van der Waals surface area (Å²) in [5.41, 5.74) is 8.57. The molecule has 20 heavy (non-hydrogen) atoms. The molecule has 0 saturated heterocycles. The molecule has 0 spiro atoms. The third-order valence-corrected chi connectivity index (χ3v) is 4.62. The zero-order valence-corrected chi connectivity index (χ0v) is 12.3. The smallest absolute Gasteiger partial charge is 0.142 e. The van der Waals surface area contributed by atoms with E-state index in [0.717, 1.165) is 32.7 Å².